The number of rotatable bonds is 7. The van der Waals surface area contributed by atoms with Crippen molar-refractivity contribution in [2.75, 3.05) is 33.3 Å². The molecule has 2 aromatic carbocycles. The Morgan fingerprint density at radius 2 is 1.87 bits per heavy atom. The number of fused-ring (bicyclic) bond motifs is 1. The first kappa shape index (κ1) is 20.7. The number of hydrogen-bond donors (Lipinski definition) is 0. The van der Waals surface area contributed by atoms with E-state index in [1.54, 1.807) is 7.11 Å². The van der Waals surface area contributed by atoms with Gasteiger partial charge >= 0.3 is 0 Å². The van der Waals surface area contributed by atoms with Crippen LogP contribution in [0.3, 0.4) is 0 Å². The van der Waals surface area contributed by atoms with Crippen LogP contribution in [0.1, 0.15) is 49.4 Å². The average Bonchev–Trinajstić information content (AvgIpc) is 3.61. The van der Waals surface area contributed by atoms with Gasteiger partial charge in [0.2, 0.25) is 5.91 Å². The van der Waals surface area contributed by atoms with Gasteiger partial charge in [-0.25, -0.2) is 0 Å². The summed E-state index contributed by atoms with van der Waals surface area (Å²) in [6.07, 6.45) is 5.21. The molecule has 1 heterocycles. The van der Waals surface area contributed by atoms with Gasteiger partial charge in [-0.1, -0.05) is 31.2 Å². The standard InChI is InChI=1S/C25H32N2O3/c1-3-14-26(16-18-10-11-18)24(28)19-7-6-15-27(17-19)25(29)22-12-13-23(30-2)21-9-5-4-8-20(21)22/h4-5,8-9,12-13,18-19H,3,6-7,10-11,14-17H2,1-2H3. The highest BCUT2D eigenvalue weighted by atomic mass is 16.5. The number of carbonyl (C=O) groups excluding carboxylic acids is 2. The van der Waals surface area contributed by atoms with Crippen LogP contribution in [0.15, 0.2) is 36.4 Å². The molecule has 1 saturated carbocycles. The number of benzene rings is 2. The molecule has 1 unspecified atom stereocenters. The van der Waals surface area contributed by atoms with Gasteiger partial charge in [-0.05, 0) is 55.5 Å². The normalized spacial score (nSPS) is 19.0. The Morgan fingerprint density at radius 3 is 2.57 bits per heavy atom. The highest BCUT2D eigenvalue weighted by molar-refractivity contribution is 6.08. The summed E-state index contributed by atoms with van der Waals surface area (Å²) >= 11 is 0. The highest BCUT2D eigenvalue weighted by Crippen LogP contribution is 2.32. The second kappa shape index (κ2) is 9.07. The Kier molecular flexibility index (Phi) is 6.26. The lowest BCUT2D eigenvalue weighted by molar-refractivity contribution is -0.137. The van der Waals surface area contributed by atoms with Crippen molar-refractivity contribution in [3.63, 3.8) is 0 Å². The Bertz CT molecular complexity index is 922. The van der Waals surface area contributed by atoms with Crippen molar-refractivity contribution < 1.29 is 14.3 Å². The lowest BCUT2D eigenvalue weighted by Crippen LogP contribution is -2.47. The van der Waals surface area contributed by atoms with Crippen LogP contribution < -0.4 is 4.74 Å². The van der Waals surface area contributed by atoms with Gasteiger partial charge in [0.1, 0.15) is 5.75 Å². The fourth-order valence-corrected chi connectivity index (χ4v) is 4.60. The predicted molar refractivity (Wildman–Crippen MR) is 119 cm³/mol. The van der Waals surface area contributed by atoms with E-state index in [1.165, 1.54) is 12.8 Å². The Hall–Kier alpha value is -2.56. The van der Waals surface area contributed by atoms with E-state index >= 15 is 0 Å². The van der Waals surface area contributed by atoms with Crippen molar-refractivity contribution in [2.24, 2.45) is 11.8 Å². The quantitative estimate of drug-likeness (QED) is 0.684. The average molecular weight is 409 g/mol. The number of amides is 2. The van der Waals surface area contributed by atoms with Crippen LogP contribution in [0.4, 0.5) is 0 Å². The first-order valence-corrected chi connectivity index (χ1v) is 11.3. The van der Waals surface area contributed by atoms with Crippen molar-refractivity contribution >= 4 is 22.6 Å². The topological polar surface area (TPSA) is 49.9 Å². The van der Waals surface area contributed by atoms with Gasteiger partial charge in [-0.2, -0.15) is 0 Å². The third-order valence-corrected chi connectivity index (χ3v) is 6.37. The van der Waals surface area contributed by atoms with Gasteiger partial charge in [0, 0.05) is 37.1 Å². The minimum Gasteiger partial charge on any atom is -0.496 e. The fourth-order valence-electron chi connectivity index (χ4n) is 4.60. The molecule has 2 fully saturated rings. The summed E-state index contributed by atoms with van der Waals surface area (Å²) in [6.45, 7) is 5.06. The maximum absolute atomic E-state index is 13.4. The SMILES string of the molecule is CCCN(CC1CC1)C(=O)C1CCCN(C(=O)c2ccc(OC)c3ccccc23)C1. The zero-order valence-electron chi connectivity index (χ0n) is 18.1. The number of ether oxygens (including phenoxy) is 1. The Morgan fingerprint density at radius 1 is 1.10 bits per heavy atom. The molecule has 5 heteroatoms. The number of nitrogens with zero attached hydrogens (tertiary/aromatic N) is 2. The molecule has 2 aromatic rings. The molecule has 1 atom stereocenters. The summed E-state index contributed by atoms with van der Waals surface area (Å²) in [7, 11) is 1.65. The van der Waals surface area contributed by atoms with Crippen LogP contribution >= 0.6 is 0 Å². The molecule has 160 valence electrons. The van der Waals surface area contributed by atoms with Gasteiger partial charge in [0.05, 0.1) is 13.0 Å². The van der Waals surface area contributed by atoms with Crippen molar-refractivity contribution in [2.45, 2.75) is 39.0 Å². The zero-order chi connectivity index (χ0) is 21.1. The van der Waals surface area contributed by atoms with E-state index < -0.39 is 0 Å². The highest BCUT2D eigenvalue weighted by Gasteiger charge is 2.34. The second-order valence-electron chi connectivity index (χ2n) is 8.68. The lowest BCUT2D eigenvalue weighted by atomic mass is 9.94. The molecule has 30 heavy (non-hydrogen) atoms. The summed E-state index contributed by atoms with van der Waals surface area (Å²) < 4.78 is 5.47. The number of carbonyl (C=O) groups is 2. The van der Waals surface area contributed by atoms with Gasteiger partial charge in [0.25, 0.3) is 5.91 Å². The number of hydrogen-bond acceptors (Lipinski definition) is 3. The zero-order valence-corrected chi connectivity index (χ0v) is 18.1. The molecule has 4 rings (SSSR count). The molecule has 0 radical (unpaired) electrons. The number of piperidine rings is 1. The maximum Gasteiger partial charge on any atom is 0.254 e. The number of likely N-dealkylation sites (tertiary alicyclic amines) is 1. The third kappa shape index (κ3) is 4.30. The molecule has 0 spiro atoms. The summed E-state index contributed by atoms with van der Waals surface area (Å²) in [4.78, 5) is 30.6. The molecule has 2 amide bonds. The summed E-state index contributed by atoms with van der Waals surface area (Å²) in [6, 6.07) is 11.6. The van der Waals surface area contributed by atoms with E-state index in [1.807, 2.05) is 41.3 Å². The van der Waals surface area contributed by atoms with E-state index in [9.17, 15) is 9.59 Å². The minimum atomic E-state index is -0.0856. The molecule has 0 bridgehead atoms. The van der Waals surface area contributed by atoms with Crippen molar-refractivity contribution in [3.8, 4) is 5.75 Å². The predicted octanol–water partition coefficient (Wildman–Crippen LogP) is 4.35. The number of methoxy groups -OCH3 is 1. The van der Waals surface area contributed by atoms with Crippen LogP contribution in [0.2, 0.25) is 0 Å². The van der Waals surface area contributed by atoms with Crippen LogP contribution in [-0.2, 0) is 4.79 Å². The maximum atomic E-state index is 13.4. The van der Waals surface area contributed by atoms with E-state index in [4.69, 9.17) is 4.74 Å². The van der Waals surface area contributed by atoms with Crippen LogP contribution in [0.25, 0.3) is 10.8 Å². The van der Waals surface area contributed by atoms with Gasteiger partial charge in [0.15, 0.2) is 0 Å². The second-order valence-corrected chi connectivity index (χ2v) is 8.68. The van der Waals surface area contributed by atoms with Crippen LogP contribution in [-0.4, -0.2) is 54.9 Å². The van der Waals surface area contributed by atoms with Crippen LogP contribution in [0, 0.1) is 11.8 Å². The largest absolute Gasteiger partial charge is 0.496 e. The molecular weight excluding hydrogens is 376 g/mol. The molecule has 1 aliphatic carbocycles. The monoisotopic (exact) mass is 408 g/mol. The van der Waals surface area contributed by atoms with Gasteiger partial charge in [-0.3, -0.25) is 9.59 Å². The summed E-state index contributed by atoms with van der Waals surface area (Å²) in [5.41, 5.74) is 0.683. The van der Waals surface area contributed by atoms with Crippen molar-refractivity contribution in [1.82, 2.24) is 9.80 Å². The Labute approximate surface area is 179 Å². The molecule has 1 saturated heterocycles. The molecule has 2 aliphatic rings. The molecular formula is C25H32N2O3. The van der Waals surface area contributed by atoms with Crippen molar-refractivity contribution in [3.05, 3.63) is 42.0 Å². The molecule has 5 nitrogen and oxygen atoms in total. The van der Waals surface area contributed by atoms with E-state index in [2.05, 4.69) is 11.8 Å². The Balaban J connectivity index is 1.52. The summed E-state index contributed by atoms with van der Waals surface area (Å²) in [5.74, 6) is 1.62. The van der Waals surface area contributed by atoms with Gasteiger partial charge < -0.3 is 14.5 Å². The van der Waals surface area contributed by atoms with Crippen LogP contribution in [0.5, 0.6) is 5.75 Å². The minimum absolute atomic E-state index is 0.00980. The molecule has 0 aromatic heterocycles. The smallest absolute Gasteiger partial charge is 0.254 e. The van der Waals surface area contributed by atoms with Crippen molar-refractivity contribution in [1.29, 1.82) is 0 Å². The lowest BCUT2D eigenvalue weighted by Gasteiger charge is -2.35. The molecule has 1 aliphatic heterocycles. The molecule has 0 N–H and O–H groups in total. The first-order chi connectivity index (χ1) is 14.6. The van der Waals surface area contributed by atoms with E-state index in [0.29, 0.717) is 24.6 Å². The van der Waals surface area contributed by atoms with E-state index in [0.717, 1.165) is 48.9 Å². The first-order valence-electron chi connectivity index (χ1n) is 11.3. The summed E-state index contributed by atoms with van der Waals surface area (Å²) in [5, 5.41) is 1.84. The van der Waals surface area contributed by atoms with Gasteiger partial charge in [-0.15, -0.1) is 0 Å². The third-order valence-electron chi connectivity index (χ3n) is 6.37. The van der Waals surface area contributed by atoms with E-state index in [-0.39, 0.29) is 17.7 Å². The fraction of sp³-hybridized carbons (Fsp3) is 0.520.